The van der Waals surface area contributed by atoms with E-state index >= 15 is 0 Å². The van der Waals surface area contributed by atoms with Gasteiger partial charge in [-0.05, 0) is 37.3 Å². The molecule has 0 aliphatic heterocycles. The molecule has 0 atom stereocenters. The number of nitrogens with two attached hydrogens (primary N) is 1. The fourth-order valence-electron chi connectivity index (χ4n) is 1.60. The van der Waals surface area contributed by atoms with Crippen LogP contribution in [0.2, 0.25) is 0 Å². The predicted octanol–water partition coefficient (Wildman–Crippen LogP) is 2.53. The van der Waals surface area contributed by atoms with E-state index < -0.39 is 0 Å². The molecule has 1 aromatic rings. The van der Waals surface area contributed by atoms with Gasteiger partial charge in [0.2, 0.25) is 0 Å². The Morgan fingerprint density at radius 3 is 2.19 bits per heavy atom. The van der Waals surface area contributed by atoms with E-state index in [1.807, 2.05) is 19.1 Å². The summed E-state index contributed by atoms with van der Waals surface area (Å²) in [4.78, 5) is 0. The monoisotopic (exact) mass is 217 g/mol. The number of amidine groups is 1. The van der Waals surface area contributed by atoms with E-state index in [1.165, 1.54) is 5.56 Å². The van der Waals surface area contributed by atoms with E-state index in [0.717, 1.165) is 30.5 Å². The summed E-state index contributed by atoms with van der Waals surface area (Å²) in [5.74, 6) is 0.201. The molecule has 1 rings (SSSR count). The molecule has 0 unspecified atom stereocenters. The molecule has 0 aliphatic carbocycles. The van der Waals surface area contributed by atoms with Crippen molar-refractivity contribution in [2.24, 2.45) is 5.73 Å². The van der Waals surface area contributed by atoms with Crippen LogP contribution in [-0.4, -0.2) is 11.5 Å². The van der Waals surface area contributed by atoms with Gasteiger partial charge in [-0.15, -0.1) is 0 Å². The minimum atomic E-state index is 0.201. The van der Waals surface area contributed by atoms with Crippen LogP contribution in [0, 0.1) is 10.8 Å². The zero-order chi connectivity index (χ0) is 12.0. The van der Waals surface area contributed by atoms with E-state index in [9.17, 15) is 0 Å². The number of nitrogens with one attached hydrogen (secondary N) is 2. The molecular formula is C13H19N3. The molecule has 4 N–H and O–H groups in total. The van der Waals surface area contributed by atoms with Gasteiger partial charge < -0.3 is 11.1 Å². The van der Waals surface area contributed by atoms with Gasteiger partial charge in [0.25, 0.3) is 0 Å². The number of aryl methyl sites for hydroxylation is 1. The van der Waals surface area contributed by atoms with Crippen molar-refractivity contribution in [1.29, 1.82) is 10.8 Å². The van der Waals surface area contributed by atoms with Crippen LogP contribution < -0.4 is 5.73 Å². The first-order valence-electron chi connectivity index (χ1n) is 5.52. The lowest BCUT2D eigenvalue weighted by atomic mass is 10.0. The van der Waals surface area contributed by atoms with Crippen LogP contribution in [-0.2, 0) is 12.8 Å². The summed E-state index contributed by atoms with van der Waals surface area (Å²) >= 11 is 0. The van der Waals surface area contributed by atoms with Crippen molar-refractivity contribution in [2.75, 3.05) is 0 Å². The van der Waals surface area contributed by atoms with Gasteiger partial charge in [0, 0.05) is 12.1 Å². The van der Waals surface area contributed by atoms with Gasteiger partial charge >= 0.3 is 0 Å². The Morgan fingerprint density at radius 2 is 1.69 bits per heavy atom. The lowest BCUT2D eigenvalue weighted by molar-refractivity contribution is 0.859. The number of hydrogen-bond donors (Lipinski definition) is 3. The molecule has 0 saturated carbocycles. The second-order valence-corrected chi connectivity index (χ2v) is 4.15. The third-order valence-electron chi connectivity index (χ3n) is 2.43. The molecule has 0 aromatic heterocycles. The predicted molar refractivity (Wildman–Crippen MR) is 68.4 cm³/mol. The molecule has 16 heavy (non-hydrogen) atoms. The van der Waals surface area contributed by atoms with Crippen molar-refractivity contribution in [1.82, 2.24) is 0 Å². The van der Waals surface area contributed by atoms with Crippen molar-refractivity contribution >= 4 is 11.5 Å². The summed E-state index contributed by atoms with van der Waals surface area (Å²) < 4.78 is 0. The SMILES string of the molecule is CC(=N)CCCc1ccc(CC(=N)N)cc1. The number of benzene rings is 1. The molecule has 3 heteroatoms. The van der Waals surface area contributed by atoms with Crippen LogP contribution in [0.25, 0.3) is 0 Å². The highest BCUT2D eigenvalue weighted by molar-refractivity contribution is 5.79. The van der Waals surface area contributed by atoms with Crippen LogP contribution in [0.3, 0.4) is 0 Å². The van der Waals surface area contributed by atoms with E-state index in [0.29, 0.717) is 6.42 Å². The highest BCUT2D eigenvalue weighted by Gasteiger charge is 1.97. The summed E-state index contributed by atoms with van der Waals surface area (Å²) in [5.41, 5.74) is 8.45. The zero-order valence-electron chi connectivity index (χ0n) is 9.72. The van der Waals surface area contributed by atoms with Crippen LogP contribution in [0.5, 0.6) is 0 Å². The first-order chi connectivity index (χ1) is 7.58. The van der Waals surface area contributed by atoms with Crippen LogP contribution in [0.15, 0.2) is 24.3 Å². The van der Waals surface area contributed by atoms with Crippen molar-refractivity contribution in [3.05, 3.63) is 35.4 Å². The lowest BCUT2D eigenvalue weighted by Gasteiger charge is -2.03. The molecule has 3 nitrogen and oxygen atoms in total. The molecule has 1 aromatic carbocycles. The normalized spacial score (nSPS) is 10.1. The van der Waals surface area contributed by atoms with Gasteiger partial charge in [0.1, 0.15) is 0 Å². The minimum Gasteiger partial charge on any atom is -0.387 e. The highest BCUT2D eigenvalue weighted by atomic mass is 14.7. The molecule has 0 bridgehead atoms. The maximum absolute atomic E-state index is 7.33. The quantitative estimate of drug-likeness (QED) is 0.497. The maximum atomic E-state index is 7.33. The van der Waals surface area contributed by atoms with Gasteiger partial charge in [0.05, 0.1) is 5.84 Å². The molecule has 0 saturated heterocycles. The molecule has 86 valence electrons. The van der Waals surface area contributed by atoms with Gasteiger partial charge in [-0.1, -0.05) is 24.3 Å². The molecular weight excluding hydrogens is 198 g/mol. The Kier molecular flexibility index (Phi) is 4.70. The Morgan fingerprint density at radius 1 is 1.12 bits per heavy atom. The van der Waals surface area contributed by atoms with Crippen LogP contribution >= 0.6 is 0 Å². The van der Waals surface area contributed by atoms with Crippen LogP contribution in [0.1, 0.15) is 30.9 Å². The maximum Gasteiger partial charge on any atom is 0.0950 e. The molecule has 0 spiro atoms. The van der Waals surface area contributed by atoms with E-state index in [-0.39, 0.29) is 5.84 Å². The van der Waals surface area contributed by atoms with E-state index in [2.05, 4.69) is 12.1 Å². The van der Waals surface area contributed by atoms with E-state index in [1.54, 1.807) is 0 Å². The average Bonchev–Trinajstić information content (AvgIpc) is 2.19. The molecule has 0 aliphatic rings. The number of rotatable bonds is 6. The van der Waals surface area contributed by atoms with Crippen molar-refractivity contribution in [3.63, 3.8) is 0 Å². The summed E-state index contributed by atoms with van der Waals surface area (Å²) in [6.45, 7) is 1.84. The first-order valence-corrected chi connectivity index (χ1v) is 5.52. The van der Waals surface area contributed by atoms with Crippen LogP contribution in [0.4, 0.5) is 0 Å². The second kappa shape index (κ2) is 6.05. The third kappa shape index (κ3) is 4.73. The van der Waals surface area contributed by atoms with Gasteiger partial charge in [0.15, 0.2) is 0 Å². The zero-order valence-corrected chi connectivity index (χ0v) is 9.72. The molecule has 0 amide bonds. The fraction of sp³-hybridized carbons (Fsp3) is 0.385. The lowest BCUT2D eigenvalue weighted by Crippen LogP contribution is -2.12. The van der Waals surface area contributed by atoms with Crippen molar-refractivity contribution in [3.8, 4) is 0 Å². The summed E-state index contributed by atoms with van der Waals surface area (Å²) in [5, 5.41) is 14.5. The summed E-state index contributed by atoms with van der Waals surface area (Å²) in [7, 11) is 0. The highest BCUT2D eigenvalue weighted by Crippen LogP contribution is 2.08. The molecule has 0 heterocycles. The van der Waals surface area contributed by atoms with Crippen molar-refractivity contribution < 1.29 is 0 Å². The van der Waals surface area contributed by atoms with Gasteiger partial charge in [-0.25, -0.2) is 0 Å². The molecule has 0 fully saturated rings. The Balaban J connectivity index is 2.45. The standard InChI is InChI=1S/C13H19N3/c1-10(14)3-2-4-11-5-7-12(8-6-11)9-13(15)16/h5-8,14H,2-4,9H2,1H3,(H3,15,16). The topological polar surface area (TPSA) is 73.7 Å². The Labute approximate surface area is 96.7 Å². The fourth-order valence-corrected chi connectivity index (χ4v) is 1.60. The summed E-state index contributed by atoms with van der Waals surface area (Å²) in [6.07, 6.45) is 3.44. The largest absolute Gasteiger partial charge is 0.387 e. The first kappa shape index (κ1) is 12.4. The average molecular weight is 217 g/mol. The minimum absolute atomic E-state index is 0.201. The van der Waals surface area contributed by atoms with Gasteiger partial charge in [-0.3, -0.25) is 5.41 Å². The Hall–Kier alpha value is -1.64. The molecule has 0 radical (unpaired) electrons. The van der Waals surface area contributed by atoms with E-state index in [4.69, 9.17) is 16.6 Å². The van der Waals surface area contributed by atoms with Gasteiger partial charge in [-0.2, -0.15) is 0 Å². The Bertz CT molecular complexity index is 365. The number of hydrogen-bond acceptors (Lipinski definition) is 2. The van der Waals surface area contributed by atoms with Crippen molar-refractivity contribution in [2.45, 2.75) is 32.6 Å². The summed E-state index contributed by atoms with van der Waals surface area (Å²) in [6, 6.07) is 8.21. The second-order valence-electron chi connectivity index (χ2n) is 4.15. The smallest absolute Gasteiger partial charge is 0.0950 e. The third-order valence-corrected chi connectivity index (χ3v) is 2.43.